The average Bonchev–Trinajstić information content (AvgIpc) is 2.77. The molecule has 0 spiro atoms. The number of nitrogens with zero attached hydrogens (tertiary/aromatic N) is 2. The molecule has 1 N–H and O–H groups in total. The zero-order valence-corrected chi connectivity index (χ0v) is 18.7. The standard InChI is InChI=1S/C26H29N3O2/c1-17(2)29-18(3)26(30)28(4)23-14-13-21(16-24(23)29)27-20-10-8-9-19(15-20)22-11-6-7-12-25(22)31-5/h6-18,27H,1-5H3/t18-/m1/s1. The van der Waals surface area contributed by atoms with Crippen molar-refractivity contribution in [1.82, 2.24) is 0 Å². The van der Waals surface area contributed by atoms with Gasteiger partial charge in [-0.15, -0.1) is 0 Å². The Bertz CT molecular complexity index is 1110. The quantitative estimate of drug-likeness (QED) is 0.582. The van der Waals surface area contributed by atoms with E-state index in [1.54, 1.807) is 12.0 Å². The van der Waals surface area contributed by atoms with Gasteiger partial charge in [0.2, 0.25) is 5.91 Å². The number of likely N-dealkylation sites (N-methyl/N-ethyl adjacent to an activating group) is 1. The molecule has 5 heteroatoms. The summed E-state index contributed by atoms with van der Waals surface area (Å²) in [5.74, 6) is 0.967. The molecule has 1 heterocycles. The molecule has 0 fully saturated rings. The first kappa shape index (κ1) is 20.8. The molecule has 1 aliphatic rings. The van der Waals surface area contributed by atoms with E-state index in [2.05, 4.69) is 54.4 Å². The van der Waals surface area contributed by atoms with Crippen LogP contribution in [-0.4, -0.2) is 32.1 Å². The van der Waals surface area contributed by atoms with Gasteiger partial charge in [0.15, 0.2) is 0 Å². The van der Waals surface area contributed by atoms with Gasteiger partial charge in [-0.25, -0.2) is 0 Å². The molecule has 1 atom stereocenters. The van der Waals surface area contributed by atoms with Gasteiger partial charge in [0.1, 0.15) is 11.8 Å². The Morgan fingerprint density at radius 1 is 0.935 bits per heavy atom. The second-order valence-corrected chi connectivity index (χ2v) is 8.18. The van der Waals surface area contributed by atoms with Crippen LogP contribution in [0.4, 0.5) is 22.7 Å². The van der Waals surface area contributed by atoms with Crippen LogP contribution in [0.1, 0.15) is 20.8 Å². The number of para-hydroxylation sites is 1. The smallest absolute Gasteiger partial charge is 0.249 e. The van der Waals surface area contributed by atoms with Gasteiger partial charge in [-0.1, -0.05) is 30.3 Å². The number of fused-ring (bicyclic) bond motifs is 1. The molecule has 0 aromatic heterocycles. The van der Waals surface area contributed by atoms with Crippen LogP contribution in [0.2, 0.25) is 0 Å². The third-order valence-electron chi connectivity index (χ3n) is 5.85. The predicted molar refractivity (Wildman–Crippen MR) is 129 cm³/mol. The molecule has 5 nitrogen and oxygen atoms in total. The highest BCUT2D eigenvalue weighted by atomic mass is 16.5. The zero-order valence-electron chi connectivity index (χ0n) is 18.7. The first-order valence-corrected chi connectivity index (χ1v) is 10.6. The Labute approximate surface area is 184 Å². The number of carbonyl (C=O) groups is 1. The number of rotatable bonds is 5. The summed E-state index contributed by atoms with van der Waals surface area (Å²) in [5.41, 5.74) is 6.12. The van der Waals surface area contributed by atoms with Gasteiger partial charge >= 0.3 is 0 Å². The first-order valence-electron chi connectivity index (χ1n) is 10.6. The number of methoxy groups -OCH3 is 1. The molecule has 4 rings (SSSR count). The van der Waals surface area contributed by atoms with Gasteiger partial charge in [0.25, 0.3) is 0 Å². The van der Waals surface area contributed by atoms with Crippen LogP contribution in [0.5, 0.6) is 5.75 Å². The van der Waals surface area contributed by atoms with Gasteiger partial charge < -0.3 is 19.9 Å². The van der Waals surface area contributed by atoms with Crippen LogP contribution in [0, 0.1) is 0 Å². The minimum atomic E-state index is -0.193. The Morgan fingerprint density at radius 2 is 1.68 bits per heavy atom. The van der Waals surface area contributed by atoms with Crippen LogP contribution >= 0.6 is 0 Å². The molecule has 3 aromatic rings. The summed E-state index contributed by atoms with van der Waals surface area (Å²) in [5, 5.41) is 3.53. The predicted octanol–water partition coefficient (Wildman–Crippen LogP) is 5.69. The Morgan fingerprint density at radius 3 is 2.42 bits per heavy atom. The fourth-order valence-electron chi connectivity index (χ4n) is 4.36. The van der Waals surface area contributed by atoms with E-state index in [1.807, 2.05) is 50.4 Å². The minimum absolute atomic E-state index is 0.117. The molecule has 1 amide bonds. The monoisotopic (exact) mass is 415 g/mol. The number of ether oxygens (including phenoxy) is 1. The Hall–Kier alpha value is -3.47. The maximum absolute atomic E-state index is 12.7. The van der Waals surface area contributed by atoms with Crippen molar-refractivity contribution >= 4 is 28.7 Å². The maximum Gasteiger partial charge on any atom is 0.249 e. The molecule has 0 aliphatic carbocycles. The van der Waals surface area contributed by atoms with E-state index in [4.69, 9.17) is 4.74 Å². The van der Waals surface area contributed by atoms with Crippen molar-refractivity contribution in [2.75, 3.05) is 29.3 Å². The molecule has 160 valence electrons. The number of hydrogen-bond donors (Lipinski definition) is 1. The summed E-state index contributed by atoms with van der Waals surface area (Å²) in [6.45, 7) is 6.21. The summed E-state index contributed by atoms with van der Waals surface area (Å²) in [4.78, 5) is 16.6. The lowest BCUT2D eigenvalue weighted by Gasteiger charge is -2.42. The van der Waals surface area contributed by atoms with E-state index < -0.39 is 0 Å². The lowest BCUT2D eigenvalue weighted by atomic mass is 10.0. The molecule has 0 saturated heterocycles. The highest BCUT2D eigenvalue weighted by Gasteiger charge is 2.34. The number of benzene rings is 3. The molecule has 0 unspecified atom stereocenters. The number of nitrogens with one attached hydrogen (secondary N) is 1. The van der Waals surface area contributed by atoms with Crippen molar-refractivity contribution in [1.29, 1.82) is 0 Å². The number of amides is 1. The van der Waals surface area contributed by atoms with Gasteiger partial charge in [0.05, 0.1) is 18.5 Å². The number of carbonyl (C=O) groups excluding carboxylic acids is 1. The van der Waals surface area contributed by atoms with Gasteiger partial charge in [-0.3, -0.25) is 4.79 Å². The molecule has 31 heavy (non-hydrogen) atoms. The molecule has 0 radical (unpaired) electrons. The molecule has 1 aliphatic heterocycles. The highest BCUT2D eigenvalue weighted by Crippen LogP contribution is 2.39. The third kappa shape index (κ3) is 3.83. The van der Waals surface area contributed by atoms with E-state index in [0.717, 1.165) is 39.6 Å². The van der Waals surface area contributed by atoms with Crippen LogP contribution in [-0.2, 0) is 4.79 Å². The summed E-state index contributed by atoms with van der Waals surface area (Å²) in [7, 11) is 3.54. The van der Waals surface area contributed by atoms with Crippen molar-refractivity contribution in [2.45, 2.75) is 32.9 Å². The summed E-state index contributed by atoms with van der Waals surface area (Å²) in [6, 6.07) is 22.5. The molecular weight excluding hydrogens is 386 g/mol. The van der Waals surface area contributed by atoms with Crippen molar-refractivity contribution in [3.05, 3.63) is 66.7 Å². The average molecular weight is 416 g/mol. The molecular formula is C26H29N3O2. The third-order valence-corrected chi connectivity index (χ3v) is 5.85. The Kier molecular flexibility index (Phi) is 5.59. The van der Waals surface area contributed by atoms with Crippen molar-refractivity contribution in [3.8, 4) is 16.9 Å². The maximum atomic E-state index is 12.7. The lowest BCUT2D eigenvalue weighted by Crippen LogP contribution is -2.53. The van der Waals surface area contributed by atoms with Crippen LogP contribution < -0.4 is 19.9 Å². The largest absolute Gasteiger partial charge is 0.496 e. The fraction of sp³-hybridized carbons (Fsp3) is 0.269. The second-order valence-electron chi connectivity index (χ2n) is 8.18. The van der Waals surface area contributed by atoms with E-state index >= 15 is 0 Å². The second kappa shape index (κ2) is 8.34. The van der Waals surface area contributed by atoms with Crippen LogP contribution in [0.25, 0.3) is 11.1 Å². The fourth-order valence-corrected chi connectivity index (χ4v) is 4.36. The van der Waals surface area contributed by atoms with E-state index in [1.165, 1.54) is 0 Å². The SMILES string of the molecule is COc1ccccc1-c1cccc(Nc2ccc3c(c2)N(C(C)C)[C@H](C)C(=O)N3C)c1. The summed E-state index contributed by atoms with van der Waals surface area (Å²) in [6.07, 6.45) is 0. The summed E-state index contributed by atoms with van der Waals surface area (Å²) < 4.78 is 5.52. The van der Waals surface area contributed by atoms with E-state index in [0.29, 0.717) is 0 Å². The van der Waals surface area contributed by atoms with Crippen molar-refractivity contribution in [3.63, 3.8) is 0 Å². The van der Waals surface area contributed by atoms with Crippen LogP contribution in [0.15, 0.2) is 66.7 Å². The normalized spacial score (nSPS) is 15.8. The molecule has 0 bridgehead atoms. The number of anilines is 4. The molecule has 0 saturated carbocycles. The lowest BCUT2D eigenvalue weighted by molar-refractivity contribution is -0.119. The zero-order chi connectivity index (χ0) is 22.1. The number of hydrogen-bond acceptors (Lipinski definition) is 4. The van der Waals surface area contributed by atoms with Gasteiger partial charge in [-0.05, 0) is 62.7 Å². The van der Waals surface area contributed by atoms with Gasteiger partial charge in [0, 0.05) is 30.0 Å². The van der Waals surface area contributed by atoms with E-state index in [-0.39, 0.29) is 18.0 Å². The Balaban J connectivity index is 1.68. The first-order chi connectivity index (χ1) is 14.9. The molecule has 3 aromatic carbocycles. The van der Waals surface area contributed by atoms with E-state index in [9.17, 15) is 4.79 Å². The van der Waals surface area contributed by atoms with Crippen molar-refractivity contribution < 1.29 is 9.53 Å². The highest BCUT2D eigenvalue weighted by molar-refractivity contribution is 6.05. The topological polar surface area (TPSA) is 44.8 Å². The minimum Gasteiger partial charge on any atom is -0.496 e. The van der Waals surface area contributed by atoms with Crippen LogP contribution in [0.3, 0.4) is 0 Å². The van der Waals surface area contributed by atoms with Gasteiger partial charge in [-0.2, -0.15) is 0 Å². The van der Waals surface area contributed by atoms with Crippen molar-refractivity contribution in [2.24, 2.45) is 0 Å². The summed E-state index contributed by atoms with van der Waals surface area (Å²) >= 11 is 0.